The van der Waals surface area contributed by atoms with Crippen molar-refractivity contribution >= 4 is 5.91 Å². The van der Waals surface area contributed by atoms with Crippen molar-refractivity contribution in [3.8, 4) is 0 Å². The van der Waals surface area contributed by atoms with Crippen LogP contribution in [0.1, 0.15) is 39.2 Å². The summed E-state index contributed by atoms with van der Waals surface area (Å²) in [5, 5.41) is 22.1. The number of hydrogen-bond acceptors (Lipinski definition) is 3. The highest BCUT2D eigenvalue weighted by Crippen LogP contribution is 2.17. The van der Waals surface area contributed by atoms with Gasteiger partial charge in [0.05, 0.1) is 6.10 Å². The van der Waals surface area contributed by atoms with E-state index in [9.17, 15) is 15.0 Å². The largest absolute Gasteiger partial charge is 0.393 e. The first-order valence-corrected chi connectivity index (χ1v) is 7.08. The Morgan fingerprint density at radius 2 is 1.90 bits per heavy atom. The molecule has 0 fully saturated rings. The SMILES string of the molecule is CC[C@@H](O)C[C@@H](Cc1ccccc1)C(=O)NC(C)(C)O. The van der Waals surface area contributed by atoms with E-state index in [2.05, 4.69) is 5.32 Å². The summed E-state index contributed by atoms with van der Waals surface area (Å²) in [7, 11) is 0. The van der Waals surface area contributed by atoms with Crippen molar-refractivity contribution in [3.05, 3.63) is 35.9 Å². The zero-order valence-corrected chi connectivity index (χ0v) is 12.5. The second-order valence-corrected chi connectivity index (χ2v) is 5.73. The first kappa shape index (κ1) is 16.7. The molecule has 1 rings (SSSR count). The van der Waals surface area contributed by atoms with Gasteiger partial charge < -0.3 is 15.5 Å². The molecule has 0 unspecified atom stereocenters. The van der Waals surface area contributed by atoms with Gasteiger partial charge in [-0.05, 0) is 38.7 Å². The highest BCUT2D eigenvalue weighted by atomic mass is 16.3. The third-order valence-electron chi connectivity index (χ3n) is 3.15. The Hall–Kier alpha value is -1.39. The summed E-state index contributed by atoms with van der Waals surface area (Å²) in [6, 6.07) is 9.70. The summed E-state index contributed by atoms with van der Waals surface area (Å²) in [6.45, 7) is 4.94. The van der Waals surface area contributed by atoms with Gasteiger partial charge in [-0.2, -0.15) is 0 Å². The molecule has 4 heteroatoms. The van der Waals surface area contributed by atoms with Crippen LogP contribution in [-0.2, 0) is 11.2 Å². The number of carbonyl (C=O) groups is 1. The Morgan fingerprint density at radius 1 is 1.30 bits per heavy atom. The molecule has 1 aromatic rings. The molecule has 0 spiro atoms. The first-order chi connectivity index (χ1) is 9.31. The van der Waals surface area contributed by atoms with E-state index in [1.54, 1.807) is 0 Å². The minimum Gasteiger partial charge on any atom is -0.393 e. The maximum absolute atomic E-state index is 12.2. The molecule has 0 aromatic heterocycles. The predicted octanol–water partition coefficient (Wildman–Crippen LogP) is 1.85. The fraction of sp³-hybridized carbons (Fsp3) is 0.562. The summed E-state index contributed by atoms with van der Waals surface area (Å²) >= 11 is 0. The third kappa shape index (κ3) is 6.17. The van der Waals surface area contributed by atoms with Gasteiger partial charge in [-0.15, -0.1) is 0 Å². The maximum Gasteiger partial charge on any atom is 0.225 e. The summed E-state index contributed by atoms with van der Waals surface area (Å²) in [4.78, 5) is 12.2. The van der Waals surface area contributed by atoms with E-state index in [1.165, 1.54) is 13.8 Å². The van der Waals surface area contributed by atoms with Crippen LogP contribution in [0.25, 0.3) is 0 Å². The van der Waals surface area contributed by atoms with E-state index in [4.69, 9.17) is 0 Å². The average molecular weight is 279 g/mol. The second-order valence-electron chi connectivity index (χ2n) is 5.73. The molecule has 20 heavy (non-hydrogen) atoms. The lowest BCUT2D eigenvalue weighted by atomic mass is 9.91. The van der Waals surface area contributed by atoms with Gasteiger partial charge in [-0.1, -0.05) is 37.3 Å². The summed E-state index contributed by atoms with van der Waals surface area (Å²) in [5.41, 5.74) is -0.199. The molecule has 0 saturated heterocycles. The van der Waals surface area contributed by atoms with Gasteiger partial charge in [0.25, 0.3) is 0 Å². The van der Waals surface area contributed by atoms with Crippen molar-refractivity contribution in [1.82, 2.24) is 5.32 Å². The number of nitrogens with one attached hydrogen (secondary N) is 1. The zero-order valence-electron chi connectivity index (χ0n) is 12.5. The molecule has 0 aliphatic heterocycles. The van der Waals surface area contributed by atoms with Crippen LogP contribution < -0.4 is 5.32 Å². The van der Waals surface area contributed by atoms with Crippen LogP contribution in [-0.4, -0.2) is 27.9 Å². The van der Waals surface area contributed by atoms with Crippen LogP contribution in [0.15, 0.2) is 30.3 Å². The molecule has 0 heterocycles. The van der Waals surface area contributed by atoms with Crippen LogP contribution in [0.3, 0.4) is 0 Å². The van der Waals surface area contributed by atoms with E-state index in [0.717, 1.165) is 5.56 Å². The lowest BCUT2D eigenvalue weighted by molar-refractivity contribution is -0.132. The number of aliphatic hydroxyl groups is 2. The average Bonchev–Trinajstić information content (AvgIpc) is 2.37. The molecule has 0 aliphatic rings. The fourth-order valence-electron chi connectivity index (χ4n) is 2.08. The minimum absolute atomic E-state index is 0.228. The van der Waals surface area contributed by atoms with Gasteiger partial charge in [-0.25, -0.2) is 0 Å². The second kappa shape index (κ2) is 7.41. The van der Waals surface area contributed by atoms with Crippen molar-refractivity contribution < 1.29 is 15.0 Å². The molecule has 4 nitrogen and oxygen atoms in total. The standard InChI is InChI=1S/C16H25NO3/c1-4-14(18)11-13(15(19)17-16(2,3)20)10-12-8-6-5-7-9-12/h5-9,13-14,18,20H,4,10-11H2,1-3H3,(H,17,19)/t13-,14-/m1/s1. The molecule has 0 saturated carbocycles. The smallest absolute Gasteiger partial charge is 0.225 e. The molecule has 0 aliphatic carbocycles. The number of hydrogen-bond donors (Lipinski definition) is 3. The number of carbonyl (C=O) groups excluding carboxylic acids is 1. The van der Waals surface area contributed by atoms with Gasteiger partial charge in [-0.3, -0.25) is 4.79 Å². The van der Waals surface area contributed by atoms with Crippen molar-refractivity contribution in [2.75, 3.05) is 0 Å². The monoisotopic (exact) mass is 279 g/mol. The Labute approximate surface area is 120 Å². The van der Waals surface area contributed by atoms with E-state index in [-0.39, 0.29) is 11.8 Å². The Morgan fingerprint density at radius 3 is 2.40 bits per heavy atom. The van der Waals surface area contributed by atoms with E-state index < -0.39 is 11.8 Å². The summed E-state index contributed by atoms with van der Waals surface area (Å²) < 4.78 is 0. The van der Waals surface area contributed by atoms with Crippen molar-refractivity contribution in [3.63, 3.8) is 0 Å². The topological polar surface area (TPSA) is 69.6 Å². The van der Waals surface area contributed by atoms with E-state index >= 15 is 0 Å². The summed E-state index contributed by atoms with van der Waals surface area (Å²) in [6.07, 6.45) is 1.06. The van der Waals surface area contributed by atoms with Crippen LogP contribution in [0, 0.1) is 5.92 Å². The van der Waals surface area contributed by atoms with Gasteiger partial charge in [0.15, 0.2) is 0 Å². The molecular weight excluding hydrogens is 254 g/mol. The Kier molecular flexibility index (Phi) is 6.17. The highest BCUT2D eigenvalue weighted by molar-refractivity contribution is 5.79. The third-order valence-corrected chi connectivity index (χ3v) is 3.15. The lowest BCUT2D eigenvalue weighted by Crippen LogP contribution is -2.47. The van der Waals surface area contributed by atoms with Crippen LogP contribution in [0.4, 0.5) is 0 Å². The number of aliphatic hydroxyl groups excluding tert-OH is 1. The normalized spacial score (nSPS) is 14.7. The molecule has 1 aromatic carbocycles. The highest BCUT2D eigenvalue weighted by Gasteiger charge is 2.25. The molecular formula is C16H25NO3. The molecule has 0 radical (unpaired) electrons. The van der Waals surface area contributed by atoms with Crippen molar-refractivity contribution in [2.24, 2.45) is 5.92 Å². The van der Waals surface area contributed by atoms with Crippen LogP contribution in [0.5, 0.6) is 0 Å². The molecule has 1 amide bonds. The minimum atomic E-state index is -1.25. The number of benzene rings is 1. The first-order valence-electron chi connectivity index (χ1n) is 7.08. The van der Waals surface area contributed by atoms with Gasteiger partial charge >= 0.3 is 0 Å². The molecule has 3 N–H and O–H groups in total. The molecule has 0 bridgehead atoms. The summed E-state index contributed by atoms with van der Waals surface area (Å²) in [5.74, 6) is -0.576. The number of amides is 1. The number of rotatable bonds is 7. The maximum atomic E-state index is 12.2. The van der Waals surface area contributed by atoms with Crippen LogP contribution in [0.2, 0.25) is 0 Å². The van der Waals surface area contributed by atoms with Gasteiger partial charge in [0.1, 0.15) is 5.72 Å². The van der Waals surface area contributed by atoms with E-state index in [1.807, 2.05) is 37.3 Å². The molecule has 2 atom stereocenters. The van der Waals surface area contributed by atoms with E-state index in [0.29, 0.717) is 19.3 Å². The van der Waals surface area contributed by atoms with Crippen molar-refractivity contribution in [2.45, 2.75) is 51.9 Å². The van der Waals surface area contributed by atoms with Crippen molar-refractivity contribution in [1.29, 1.82) is 0 Å². The molecule has 112 valence electrons. The quantitative estimate of drug-likeness (QED) is 0.667. The van der Waals surface area contributed by atoms with Gasteiger partial charge in [0.2, 0.25) is 5.91 Å². The zero-order chi connectivity index (χ0) is 15.2. The predicted molar refractivity (Wildman–Crippen MR) is 79.0 cm³/mol. The Bertz CT molecular complexity index is 411. The Balaban J connectivity index is 2.77. The van der Waals surface area contributed by atoms with Gasteiger partial charge in [0, 0.05) is 5.92 Å². The van der Waals surface area contributed by atoms with Crippen LogP contribution >= 0.6 is 0 Å². The lowest BCUT2D eigenvalue weighted by Gasteiger charge is -2.25. The fourth-order valence-corrected chi connectivity index (χ4v) is 2.08.